The van der Waals surface area contributed by atoms with E-state index in [1.807, 2.05) is 4.68 Å². The van der Waals surface area contributed by atoms with Crippen LogP contribution in [-0.4, -0.2) is 49.6 Å². The first-order chi connectivity index (χ1) is 11.8. The van der Waals surface area contributed by atoms with E-state index in [1.165, 1.54) is 0 Å². The van der Waals surface area contributed by atoms with E-state index in [1.54, 1.807) is 12.5 Å². The van der Waals surface area contributed by atoms with Gasteiger partial charge in [0.2, 0.25) is 5.91 Å². The Balaban J connectivity index is 1.60. The van der Waals surface area contributed by atoms with Crippen molar-refractivity contribution in [3.8, 4) is 0 Å². The number of nitrogens with one attached hydrogen (secondary N) is 2. The lowest BCUT2D eigenvalue weighted by molar-refractivity contribution is -0.121. The minimum atomic E-state index is -0.0632. The Labute approximate surface area is 138 Å². The van der Waals surface area contributed by atoms with Crippen molar-refractivity contribution < 1.29 is 9.53 Å². The fourth-order valence-electron chi connectivity index (χ4n) is 2.92. The number of H-pyrrole nitrogens is 1. The lowest BCUT2D eigenvalue weighted by atomic mass is 10.1. The Morgan fingerprint density at radius 2 is 2.33 bits per heavy atom. The smallest absolute Gasteiger partial charge is 0.240 e. The molecule has 0 radical (unpaired) electrons. The molecule has 2 aromatic heterocycles. The van der Waals surface area contributed by atoms with Crippen LogP contribution in [0.4, 0.5) is 0 Å². The second-order valence-electron chi connectivity index (χ2n) is 6.00. The van der Waals surface area contributed by atoms with Gasteiger partial charge < -0.3 is 9.72 Å². The number of aromatic nitrogens is 5. The quantitative estimate of drug-likeness (QED) is 0.823. The monoisotopic (exact) mass is 329 g/mol. The number of carbonyl (C=O) groups is 1. The molecular formula is C15H19N7O2. The molecule has 2 N–H and O–H groups in total. The maximum atomic E-state index is 11.3. The molecule has 2 aromatic rings. The number of aromatic amines is 1. The highest BCUT2D eigenvalue weighted by Crippen LogP contribution is 2.23. The summed E-state index contributed by atoms with van der Waals surface area (Å²) in [5, 5.41) is 8.85. The van der Waals surface area contributed by atoms with Gasteiger partial charge in [0, 0.05) is 50.2 Å². The van der Waals surface area contributed by atoms with E-state index in [-0.39, 0.29) is 11.8 Å². The highest BCUT2D eigenvalue weighted by atomic mass is 16.5. The lowest BCUT2D eigenvalue weighted by Crippen LogP contribution is -2.28. The summed E-state index contributed by atoms with van der Waals surface area (Å²) in [6.45, 7) is 2.08. The van der Waals surface area contributed by atoms with E-state index in [0.717, 1.165) is 42.5 Å². The molecule has 1 fully saturated rings. The Hall–Kier alpha value is -2.55. The Morgan fingerprint density at radius 3 is 3.04 bits per heavy atom. The molecule has 9 heteroatoms. The zero-order chi connectivity index (χ0) is 16.4. The van der Waals surface area contributed by atoms with Crippen molar-refractivity contribution >= 4 is 11.6 Å². The van der Waals surface area contributed by atoms with Gasteiger partial charge in [-0.15, -0.1) is 0 Å². The third-order valence-electron chi connectivity index (χ3n) is 4.29. The second kappa shape index (κ2) is 6.52. The number of ether oxygens (including phenoxy) is 1. The van der Waals surface area contributed by atoms with E-state index in [0.29, 0.717) is 26.0 Å². The zero-order valence-electron chi connectivity index (χ0n) is 13.2. The van der Waals surface area contributed by atoms with Crippen LogP contribution in [0.15, 0.2) is 17.6 Å². The first kappa shape index (κ1) is 15.0. The molecule has 0 aromatic carbocycles. The van der Waals surface area contributed by atoms with Crippen LogP contribution in [0.5, 0.6) is 0 Å². The average molecular weight is 329 g/mol. The van der Waals surface area contributed by atoms with Crippen molar-refractivity contribution in [1.82, 2.24) is 30.2 Å². The van der Waals surface area contributed by atoms with Gasteiger partial charge in [-0.25, -0.2) is 20.1 Å². The summed E-state index contributed by atoms with van der Waals surface area (Å²) in [5.74, 6) is 1.70. The topological polar surface area (TPSA) is 110 Å². The van der Waals surface area contributed by atoms with Gasteiger partial charge in [-0.2, -0.15) is 10.2 Å². The van der Waals surface area contributed by atoms with E-state index in [4.69, 9.17) is 9.72 Å². The first-order valence-corrected chi connectivity index (χ1v) is 8.15. The van der Waals surface area contributed by atoms with Gasteiger partial charge in [-0.05, 0) is 6.42 Å². The second-order valence-corrected chi connectivity index (χ2v) is 6.00. The van der Waals surface area contributed by atoms with Gasteiger partial charge in [-0.3, -0.25) is 4.79 Å². The SMILES string of the molecule is O=C1CCC(c2nc(C3CCOC3)nn2CCc2cnc[nH]2)=NN1. The minimum absolute atomic E-state index is 0.0632. The van der Waals surface area contributed by atoms with E-state index in [9.17, 15) is 4.79 Å². The molecule has 0 saturated carbocycles. The molecule has 1 atom stereocenters. The fourth-order valence-corrected chi connectivity index (χ4v) is 2.92. The summed E-state index contributed by atoms with van der Waals surface area (Å²) in [6, 6.07) is 0. The predicted octanol–water partition coefficient (Wildman–Crippen LogP) is 0.362. The molecule has 0 bridgehead atoms. The summed E-state index contributed by atoms with van der Waals surface area (Å²) in [6.07, 6.45) is 6.19. The molecule has 2 aliphatic rings. The largest absolute Gasteiger partial charge is 0.381 e. The van der Waals surface area contributed by atoms with Gasteiger partial charge in [0.15, 0.2) is 11.6 Å². The highest BCUT2D eigenvalue weighted by molar-refractivity contribution is 6.01. The number of hydrazone groups is 1. The summed E-state index contributed by atoms with van der Waals surface area (Å²) in [7, 11) is 0. The van der Waals surface area contributed by atoms with Gasteiger partial charge in [0.05, 0.1) is 12.9 Å². The van der Waals surface area contributed by atoms with Gasteiger partial charge in [-0.1, -0.05) is 0 Å². The molecular weight excluding hydrogens is 310 g/mol. The van der Waals surface area contributed by atoms with E-state index in [2.05, 4.69) is 25.6 Å². The van der Waals surface area contributed by atoms with Crippen molar-refractivity contribution in [2.45, 2.75) is 38.1 Å². The summed E-state index contributed by atoms with van der Waals surface area (Å²) < 4.78 is 7.33. The molecule has 126 valence electrons. The molecule has 1 saturated heterocycles. The average Bonchev–Trinajstić information content (AvgIpc) is 3.34. The van der Waals surface area contributed by atoms with Gasteiger partial charge >= 0.3 is 0 Å². The van der Waals surface area contributed by atoms with Crippen LogP contribution in [0.2, 0.25) is 0 Å². The number of imidazole rings is 1. The molecule has 0 aliphatic carbocycles. The van der Waals surface area contributed by atoms with Crippen LogP contribution in [0.3, 0.4) is 0 Å². The summed E-state index contributed by atoms with van der Waals surface area (Å²) in [4.78, 5) is 23.2. The van der Waals surface area contributed by atoms with Crippen molar-refractivity contribution in [1.29, 1.82) is 0 Å². The third-order valence-corrected chi connectivity index (χ3v) is 4.29. The summed E-state index contributed by atoms with van der Waals surface area (Å²) in [5.41, 5.74) is 4.35. The van der Waals surface area contributed by atoms with Crippen LogP contribution in [-0.2, 0) is 22.5 Å². The van der Waals surface area contributed by atoms with Gasteiger partial charge in [0.25, 0.3) is 0 Å². The molecule has 4 heterocycles. The lowest BCUT2D eigenvalue weighted by Gasteiger charge is -2.12. The molecule has 24 heavy (non-hydrogen) atoms. The third kappa shape index (κ3) is 3.07. The maximum absolute atomic E-state index is 11.3. The number of carbonyl (C=O) groups excluding carboxylic acids is 1. The van der Waals surface area contributed by atoms with Crippen LogP contribution in [0.1, 0.15) is 42.5 Å². The number of nitrogens with zero attached hydrogens (tertiary/aromatic N) is 5. The van der Waals surface area contributed by atoms with Crippen molar-refractivity contribution in [3.05, 3.63) is 29.9 Å². The zero-order valence-corrected chi connectivity index (χ0v) is 13.2. The van der Waals surface area contributed by atoms with Crippen molar-refractivity contribution in [2.24, 2.45) is 5.10 Å². The van der Waals surface area contributed by atoms with Crippen LogP contribution < -0.4 is 5.43 Å². The summed E-state index contributed by atoms with van der Waals surface area (Å²) >= 11 is 0. The molecule has 9 nitrogen and oxygen atoms in total. The van der Waals surface area contributed by atoms with Crippen LogP contribution in [0.25, 0.3) is 0 Å². The number of hydrogen-bond donors (Lipinski definition) is 2. The highest BCUT2D eigenvalue weighted by Gasteiger charge is 2.26. The number of hydrogen-bond acceptors (Lipinski definition) is 6. The Morgan fingerprint density at radius 1 is 1.38 bits per heavy atom. The fraction of sp³-hybridized carbons (Fsp3) is 0.533. The first-order valence-electron chi connectivity index (χ1n) is 8.15. The maximum Gasteiger partial charge on any atom is 0.240 e. The molecule has 2 aliphatic heterocycles. The molecule has 1 amide bonds. The number of amides is 1. The molecule has 4 rings (SSSR count). The molecule has 1 unspecified atom stereocenters. The van der Waals surface area contributed by atoms with Crippen LogP contribution in [0, 0.1) is 0 Å². The standard InChI is InChI=1S/C15H19N7O2/c23-13-2-1-12(19-20-13)15-18-14(10-4-6-24-8-10)21-22(15)5-3-11-7-16-9-17-11/h7,9-10H,1-6,8H2,(H,16,17)(H,20,23). The van der Waals surface area contributed by atoms with E-state index >= 15 is 0 Å². The van der Waals surface area contributed by atoms with E-state index < -0.39 is 0 Å². The normalized spacial score (nSPS) is 20.9. The van der Waals surface area contributed by atoms with Gasteiger partial charge in [0.1, 0.15) is 5.71 Å². The van der Waals surface area contributed by atoms with Crippen molar-refractivity contribution in [2.75, 3.05) is 13.2 Å². The molecule has 0 spiro atoms. The minimum Gasteiger partial charge on any atom is -0.381 e. The predicted molar refractivity (Wildman–Crippen MR) is 84.4 cm³/mol. The van der Waals surface area contributed by atoms with Crippen molar-refractivity contribution in [3.63, 3.8) is 0 Å². The number of aryl methyl sites for hydroxylation is 2. The Kier molecular flexibility index (Phi) is 4.08. The number of rotatable bonds is 5. The Bertz CT molecular complexity index is 744. The van der Waals surface area contributed by atoms with Crippen LogP contribution >= 0.6 is 0 Å².